The zero-order chi connectivity index (χ0) is 7.94. The van der Waals surface area contributed by atoms with Gasteiger partial charge in [-0.05, 0) is 25.7 Å². The SMILES string of the molecule is OCCC[C@H]1C=CCCCO1. The molecule has 0 saturated heterocycles. The van der Waals surface area contributed by atoms with Gasteiger partial charge in [-0.2, -0.15) is 0 Å². The predicted molar refractivity (Wildman–Crippen MR) is 44.4 cm³/mol. The molecule has 1 atom stereocenters. The molecule has 11 heavy (non-hydrogen) atoms. The van der Waals surface area contributed by atoms with E-state index in [0.717, 1.165) is 32.3 Å². The number of rotatable bonds is 3. The molecule has 64 valence electrons. The fourth-order valence-corrected chi connectivity index (χ4v) is 1.21. The number of hydrogen-bond acceptors (Lipinski definition) is 2. The minimum atomic E-state index is 0.254. The van der Waals surface area contributed by atoms with Crippen LogP contribution < -0.4 is 0 Å². The van der Waals surface area contributed by atoms with Crippen molar-refractivity contribution in [1.29, 1.82) is 0 Å². The Morgan fingerprint density at radius 2 is 2.45 bits per heavy atom. The molecule has 1 aliphatic heterocycles. The lowest BCUT2D eigenvalue weighted by Gasteiger charge is -2.10. The second kappa shape index (κ2) is 5.33. The molecule has 0 amide bonds. The summed E-state index contributed by atoms with van der Waals surface area (Å²) in [4.78, 5) is 0. The topological polar surface area (TPSA) is 29.5 Å². The highest BCUT2D eigenvalue weighted by Crippen LogP contribution is 2.09. The summed E-state index contributed by atoms with van der Waals surface area (Å²) in [6.45, 7) is 1.14. The van der Waals surface area contributed by atoms with Gasteiger partial charge in [0, 0.05) is 13.2 Å². The molecule has 0 spiro atoms. The lowest BCUT2D eigenvalue weighted by atomic mass is 10.2. The molecule has 0 unspecified atom stereocenters. The summed E-state index contributed by atoms with van der Waals surface area (Å²) in [5, 5.41) is 8.59. The highest BCUT2D eigenvalue weighted by atomic mass is 16.5. The maximum Gasteiger partial charge on any atom is 0.0756 e. The van der Waals surface area contributed by atoms with Crippen molar-refractivity contribution >= 4 is 0 Å². The van der Waals surface area contributed by atoms with Gasteiger partial charge in [0.05, 0.1) is 6.10 Å². The zero-order valence-corrected chi connectivity index (χ0v) is 6.83. The van der Waals surface area contributed by atoms with E-state index >= 15 is 0 Å². The smallest absolute Gasteiger partial charge is 0.0756 e. The average Bonchev–Trinajstić information content (AvgIpc) is 2.28. The fourth-order valence-electron chi connectivity index (χ4n) is 1.21. The highest BCUT2D eigenvalue weighted by molar-refractivity contribution is 4.91. The molecule has 1 N–H and O–H groups in total. The van der Waals surface area contributed by atoms with Gasteiger partial charge in [-0.15, -0.1) is 0 Å². The van der Waals surface area contributed by atoms with E-state index in [9.17, 15) is 0 Å². The van der Waals surface area contributed by atoms with Gasteiger partial charge >= 0.3 is 0 Å². The third-order valence-corrected chi connectivity index (χ3v) is 1.84. The molecule has 0 aromatic heterocycles. The molecule has 0 bridgehead atoms. The predicted octanol–water partition coefficient (Wildman–Crippen LogP) is 1.49. The van der Waals surface area contributed by atoms with Crippen LogP contribution in [0.5, 0.6) is 0 Å². The maximum atomic E-state index is 8.59. The molecule has 1 rings (SSSR count). The van der Waals surface area contributed by atoms with Crippen molar-refractivity contribution in [2.24, 2.45) is 0 Å². The first-order valence-electron chi connectivity index (χ1n) is 4.32. The first-order chi connectivity index (χ1) is 5.43. The molecular formula is C9H16O2. The largest absolute Gasteiger partial charge is 0.396 e. The van der Waals surface area contributed by atoms with E-state index in [-0.39, 0.29) is 12.7 Å². The van der Waals surface area contributed by atoms with Crippen LogP contribution in [0.15, 0.2) is 12.2 Å². The van der Waals surface area contributed by atoms with Crippen molar-refractivity contribution in [2.45, 2.75) is 31.8 Å². The van der Waals surface area contributed by atoms with Crippen molar-refractivity contribution in [3.05, 3.63) is 12.2 Å². The Labute approximate surface area is 67.9 Å². The van der Waals surface area contributed by atoms with E-state index < -0.39 is 0 Å². The van der Waals surface area contributed by atoms with Gasteiger partial charge in [-0.25, -0.2) is 0 Å². The fraction of sp³-hybridized carbons (Fsp3) is 0.778. The number of aliphatic hydroxyl groups excluding tert-OH is 1. The maximum absolute atomic E-state index is 8.59. The van der Waals surface area contributed by atoms with Crippen LogP contribution in [0.2, 0.25) is 0 Å². The monoisotopic (exact) mass is 156 g/mol. The quantitative estimate of drug-likeness (QED) is 0.627. The van der Waals surface area contributed by atoms with Crippen molar-refractivity contribution in [1.82, 2.24) is 0 Å². The van der Waals surface area contributed by atoms with Gasteiger partial charge in [-0.1, -0.05) is 12.2 Å². The summed E-state index contributed by atoms with van der Waals surface area (Å²) >= 11 is 0. The number of allylic oxidation sites excluding steroid dienone is 1. The molecule has 1 heterocycles. The number of hydrogen-bond donors (Lipinski definition) is 1. The summed E-state index contributed by atoms with van der Waals surface area (Å²) in [6, 6.07) is 0. The van der Waals surface area contributed by atoms with Gasteiger partial charge in [0.2, 0.25) is 0 Å². The summed E-state index contributed by atoms with van der Waals surface area (Å²) in [5.74, 6) is 0. The Morgan fingerprint density at radius 1 is 1.55 bits per heavy atom. The van der Waals surface area contributed by atoms with Crippen LogP contribution in [0.1, 0.15) is 25.7 Å². The minimum absolute atomic E-state index is 0.254. The molecule has 2 nitrogen and oxygen atoms in total. The molecule has 0 aliphatic carbocycles. The Hall–Kier alpha value is -0.340. The van der Waals surface area contributed by atoms with Gasteiger partial charge < -0.3 is 9.84 Å². The summed E-state index contributed by atoms with van der Waals surface area (Å²) in [6.07, 6.45) is 8.60. The van der Waals surface area contributed by atoms with Crippen molar-refractivity contribution in [3.63, 3.8) is 0 Å². The van der Waals surface area contributed by atoms with Gasteiger partial charge in [0.15, 0.2) is 0 Å². The van der Waals surface area contributed by atoms with Crippen molar-refractivity contribution < 1.29 is 9.84 Å². The Morgan fingerprint density at radius 3 is 3.27 bits per heavy atom. The minimum Gasteiger partial charge on any atom is -0.396 e. The summed E-state index contributed by atoms with van der Waals surface area (Å²) < 4.78 is 5.51. The molecule has 0 radical (unpaired) electrons. The number of aliphatic hydroxyl groups is 1. The van der Waals surface area contributed by atoms with Crippen molar-refractivity contribution in [2.75, 3.05) is 13.2 Å². The second-order valence-electron chi connectivity index (χ2n) is 2.85. The van der Waals surface area contributed by atoms with E-state index in [2.05, 4.69) is 12.2 Å². The molecule has 2 heteroatoms. The van der Waals surface area contributed by atoms with E-state index in [0.29, 0.717) is 0 Å². The Kier molecular flexibility index (Phi) is 4.24. The van der Waals surface area contributed by atoms with Crippen molar-refractivity contribution in [3.8, 4) is 0 Å². The number of ether oxygens (including phenoxy) is 1. The third kappa shape index (κ3) is 3.54. The Balaban J connectivity index is 2.19. The van der Waals surface area contributed by atoms with Crippen LogP contribution >= 0.6 is 0 Å². The molecule has 0 aromatic carbocycles. The first-order valence-corrected chi connectivity index (χ1v) is 4.32. The lowest BCUT2D eigenvalue weighted by Crippen LogP contribution is -2.09. The normalized spacial score (nSPS) is 25.0. The van der Waals surface area contributed by atoms with E-state index in [1.807, 2.05) is 0 Å². The van der Waals surface area contributed by atoms with E-state index in [1.54, 1.807) is 0 Å². The first kappa shape index (κ1) is 8.75. The highest BCUT2D eigenvalue weighted by Gasteiger charge is 2.05. The molecular weight excluding hydrogens is 140 g/mol. The third-order valence-electron chi connectivity index (χ3n) is 1.84. The van der Waals surface area contributed by atoms with Crippen LogP contribution in [0.25, 0.3) is 0 Å². The van der Waals surface area contributed by atoms with Gasteiger partial charge in [0.1, 0.15) is 0 Å². The van der Waals surface area contributed by atoms with Gasteiger partial charge in [0.25, 0.3) is 0 Å². The lowest BCUT2D eigenvalue weighted by molar-refractivity contribution is 0.0769. The van der Waals surface area contributed by atoms with E-state index in [4.69, 9.17) is 9.84 Å². The molecule has 0 saturated carbocycles. The Bertz CT molecular complexity index is 121. The van der Waals surface area contributed by atoms with Crippen LogP contribution in [-0.2, 0) is 4.74 Å². The van der Waals surface area contributed by atoms with Crippen LogP contribution in [0.3, 0.4) is 0 Å². The summed E-state index contributed by atoms with van der Waals surface area (Å²) in [7, 11) is 0. The summed E-state index contributed by atoms with van der Waals surface area (Å²) in [5.41, 5.74) is 0. The molecule has 1 aliphatic rings. The molecule has 0 aromatic rings. The second-order valence-corrected chi connectivity index (χ2v) is 2.85. The zero-order valence-electron chi connectivity index (χ0n) is 6.83. The van der Waals surface area contributed by atoms with Crippen LogP contribution in [0.4, 0.5) is 0 Å². The van der Waals surface area contributed by atoms with Crippen LogP contribution in [0, 0.1) is 0 Å². The van der Waals surface area contributed by atoms with Crippen LogP contribution in [-0.4, -0.2) is 24.4 Å². The standard InChI is InChI=1S/C9H16O2/c10-7-4-6-9-5-2-1-3-8-11-9/h2,5,9-10H,1,3-4,6-8H2/t9-/m1/s1. The molecule has 0 fully saturated rings. The average molecular weight is 156 g/mol. The van der Waals surface area contributed by atoms with Gasteiger partial charge in [-0.3, -0.25) is 0 Å². The van der Waals surface area contributed by atoms with E-state index in [1.165, 1.54) is 0 Å².